The van der Waals surface area contributed by atoms with Crippen LogP contribution in [0.15, 0.2) is 25.0 Å². The normalized spacial score (nSPS) is 20.5. The molecule has 0 N–H and O–H groups in total. The fraction of sp³-hybridized carbons (Fsp3) is 0.571. The van der Waals surface area contributed by atoms with Crippen LogP contribution < -0.4 is 0 Å². The van der Waals surface area contributed by atoms with E-state index in [-0.39, 0.29) is 11.9 Å². The fourth-order valence-electron chi connectivity index (χ4n) is 2.95. The highest BCUT2D eigenvalue weighted by Crippen LogP contribution is 2.24. The molecule has 3 rings (SSSR count). The van der Waals surface area contributed by atoms with Crippen molar-refractivity contribution in [2.45, 2.75) is 38.8 Å². The van der Waals surface area contributed by atoms with E-state index in [1.165, 1.54) is 6.33 Å². The van der Waals surface area contributed by atoms with E-state index in [0.29, 0.717) is 6.04 Å². The molecular formula is C14H20N6O. The lowest BCUT2D eigenvalue weighted by atomic mass is 10.0. The van der Waals surface area contributed by atoms with Crippen LogP contribution >= 0.6 is 0 Å². The Kier molecular flexibility index (Phi) is 3.72. The summed E-state index contributed by atoms with van der Waals surface area (Å²) >= 11 is 0. The smallest absolute Gasteiger partial charge is 0.247 e. The van der Waals surface area contributed by atoms with Crippen LogP contribution in [0.5, 0.6) is 0 Å². The molecule has 2 unspecified atom stereocenters. The summed E-state index contributed by atoms with van der Waals surface area (Å²) in [5, 5.41) is 4.06. The molecule has 3 heterocycles. The van der Waals surface area contributed by atoms with Crippen LogP contribution in [-0.4, -0.2) is 48.2 Å². The molecule has 2 aromatic rings. The third-order valence-corrected chi connectivity index (χ3v) is 4.15. The Balaban J connectivity index is 1.71. The monoisotopic (exact) mass is 288 g/mol. The van der Waals surface area contributed by atoms with Gasteiger partial charge in [-0.2, -0.15) is 5.10 Å². The first-order valence-electron chi connectivity index (χ1n) is 7.29. The second kappa shape index (κ2) is 5.67. The van der Waals surface area contributed by atoms with Crippen molar-refractivity contribution in [2.75, 3.05) is 13.1 Å². The summed E-state index contributed by atoms with van der Waals surface area (Å²) in [5.74, 6) is 1.10. The zero-order chi connectivity index (χ0) is 14.8. The predicted octanol–water partition coefficient (Wildman–Crippen LogP) is 1.21. The number of amides is 1. The highest BCUT2D eigenvalue weighted by molar-refractivity contribution is 5.80. The Hall–Kier alpha value is -2.18. The average Bonchev–Trinajstić information content (AvgIpc) is 3.17. The molecule has 7 heteroatoms. The lowest BCUT2D eigenvalue weighted by Crippen LogP contribution is -2.43. The lowest BCUT2D eigenvalue weighted by Gasteiger charge is -2.35. The van der Waals surface area contributed by atoms with E-state index < -0.39 is 0 Å². The van der Waals surface area contributed by atoms with Crippen LogP contribution in [0, 0.1) is 6.92 Å². The van der Waals surface area contributed by atoms with Crippen molar-refractivity contribution in [1.82, 2.24) is 29.2 Å². The van der Waals surface area contributed by atoms with Crippen LogP contribution in [0.1, 0.15) is 37.7 Å². The quantitative estimate of drug-likeness (QED) is 0.851. The zero-order valence-electron chi connectivity index (χ0n) is 12.4. The van der Waals surface area contributed by atoms with Crippen molar-refractivity contribution in [2.24, 2.45) is 0 Å². The van der Waals surface area contributed by atoms with E-state index in [9.17, 15) is 4.79 Å². The van der Waals surface area contributed by atoms with Crippen LogP contribution in [0.2, 0.25) is 0 Å². The van der Waals surface area contributed by atoms with Gasteiger partial charge in [-0.15, -0.1) is 0 Å². The van der Waals surface area contributed by atoms with Crippen molar-refractivity contribution in [3.8, 4) is 0 Å². The SMILES string of the molecule is Cc1nccn1C1CCCN(C(=O)C(C)n2cncn2)C1. The number of likely N-dealkylation sites (tertiary alicyclic amines) is 1. The fourth-order valence-corrected chi connectivity index (χ4v) is 2.95. The molecule has 0 aliphatic carbocycles. The van der Waals surface area contributed by atoms with Gasteiger partial charge < -0.3 is 9.47 Å². The van der Waals surface area contributed by atoms with Gasteiger partial charge in [0.2, 0.25) is 5.91 Å². The Morgan fingerprint density at radius 3 is 3.00 bits per heavy atom. The summed E-state index contributed by atoms with van der Waals surface area (Å²) in [4.78, 5) is 22.7. The molecular weight excluding hydrogens is 268 g/mol. The number of carbonyl (C=O) groups is 1. The molecule has 0 spiro atoms. The first-order chi connectivity index (χ1) is 10.2. The number of piperidine rings is 1. The maximum Gasteiger partial charge on any atom is 0.247 e. The van der Waals surface area contributed by atoms with Gasteiger partial charge in [0, 0.05) is 25.5 Å². The van der Waals surface area contributed by atoms with E-state index in [0.717, 1.165) is 31.8 Å². The molecule has 112 valence electrons. The Morgan fingerprint density at radius 1 is 1.48 bits per heavy atom. The first kappa shape index (κ1) is 13.8. The number of imidazole rings is 1. The standard InChI is InChI=1S/C14H20N6O/c1-11(20-10-15-9-17-20)14(21)18-6-3-4-13(8-18)19-7-5-16-12(19)2/h5,7,9-11,13H,3-4,6,8H2,1-2H3. The summed E-state index contributed by atoms with van der Waals surface area (Å²) in [7, 11) is 0. The molecule has 0 radical (unpaired) electrons. The van der Waals surface area contributed by atoms with E-state index in [2.05, 4.69) is 19.6 Å². The number of rotatable bonds is 3. The van der Waals surface area contributed by atoms with E-state index in [4.69, 9.17) is 0 Å². The molecule has 7 nitrogen and oxygen atoms in total. The molecule has 21 heavy (non-hydrogen) atoms. The number of aryl methyl sites for hydroxylation is 1. The van der Waals surface area contributed by atoms with Crippen LogP contribution in [0.4, 0.5) is 0 Å². The third kappa shape index (κ3) is 2.68. The van der Waals surface area contributed by atoms with Crippen molar-refractivity contribution in [3.05, 3.63) is 30.9 Å². The molecule has 1 aliphatic rings. The molecule has 2 atom stereocenters. The largest absolute Gasteiger partial charge is 0.339 e. The number of nitrogens with zero attached hydrogens (tertiary/aromatic N) is 6. The lowest BCUT2D eigenvalue weighted by molar-refractivity contribution is -0.136. The average molecular weight is 288 g/mol. The van der Waals surface area contributed by atoms with Crippen LogP contribution in [0.3, 0.4) is 0 Å². The minimum Gasteiger partial charge on any atom is -0.339 e. The number of aromatic nitrogens is 5. The number of carbonyl (C=O) groups excluding carboxylic acids is 1. The van der Waals surface area contributed by atoms with Gasteiger partial charge in [-0.25, -0.2) is 14.6 Å². The Morgan fingerprint density at radius 2 is 2.33 bits per heavy atom. The van der Waals surface area contributed by atoms with Crippen LogP contribution in [-0.2, 0) is 4.79 Å². The second-order valence-electron chi connectivity index (χ2n) is 5.51. The summed E-state index contributed by atoms with van der Waals surface area (Å²) in [6.45, 7) is 5.40. The third-order valence-electron chi connectivity index (χ3n) is 4.15. The summed E-state index contributed by atoms with van der Waals surface area (Å²) < 4.78 is 3.77. The van der Waals surface area contributed by atoms with Gasteiger partial charge in [0.05, 0.1) is 6.04 Å². The highest BCUT2D eigenvalue weighted by atomic mass is 16.2. The summed E-state index contributed by atoms with van der Waals surface area (Å²) in [6.07, 6.45) is 8.95. The molecule has 1 amide bonds. The van der Waals surface area contributed by atoms with Crippen molar-refractivity contribution in [3.63, 3.8) is 0 Å². The van der Waals surface area contributed by atoms with Crippen LogP contribution in [0.25, 0.3) is 0 Å². The number of hydrogen-bond donors (Lipinski definition) is 0. The number of hydrogen-bond acceptors (Lipinski definition) is 4. The van der Waals surface area contributed by atoms with E-state index >= 15 is 0 Å². The van der Waals surface area contributed by atoms with Gasteiger partial charge in [-0.3, -0.25) is 4.79 Å². The predicted molar refractivity (Wildman–Crippen MR) is 76.5 cm³/mol. The first-order valence-corrected chi connectivity index (χ1v) is 7.29. The van der Waals surface area contributed by atoms with Gasteiger partial charge in [-0.1, -0.05) is 0 Å². The highest BCUT2D eigenvalue weighted by Gasteiger charge is 2.28. The van der Waals surface area contributed by atoms with Gasteiger partial charge in [-0.05, 0) is 26.7 Å². The topological polar surface area (TPSA) is 68.8 Å². The molecule has 2 aromatic heterocycles. The molecule has 1 aliphatic heterocycles. The minimum absolute atomic E-state index is 0.1000. The second-order valence-corrected chi connectivity index (χ2v) is 5.51. The summed E-state index contributed by atoms with van der Waals surface area (Å²) in [5.41, 5.74) is 0. The van der Waals surface area contributed by atoms with E-state index in [1.807, 2.05) is 31.1 Å². The Labute approximate surface area is 123 Å². The summed E-state index contributed by atoms with van der Waals surface area (Å²) in [6, 6.07) is 0.00304. The van der Waals surface area contributed by atoms with E-state index in [1.54, 1.807) is 11.0 Å². The molecule has 0 bridgehead atoms. The molecule has 1 saturated heterocycles. The van der Waals surface area contributed by atoms with Crippen molar-refractivity contribution >= 4 is 5.91 Å². The Bertz CT molecular complexity index is 605. The maximum absolute atomic E-state index is 12.6. The molecule has 1 fully saturated rings. The van der Waals surface area contributed by atoms with Gasteiger partial charge >= 0.3 is 0 Å². The van der Waals surface area contributed by atoms with Crippen molar-refractivity contribution in [1.29, 1.82) is 0 Å². The van der Waals surface area contributed by atoms with Gasteiger partial charge in [0.25, 0.3) is 0 Å². The van der Waals surface area contributed by atoms with Gasteiger partial charge in [0.1, 0.15) is 24.5 Å². The minimum atomic E-state index is -0.310. The van der Waals surface area contributed by atoms with Gasteiger partial charge in [0.15, 0.2) is 0 Å². The molecule has 0 aromatic carbocycles. The molecule has 0 saturated carbocycles. The zero-order valence-corrected chi connectivity index (χ0v) is 12.4. The van der Waals surface area contributed by atoms with Crippen molar-refractivity contribution < 1.29 is 4.79 Å². The maximum atomic E-state index is 12.6.